The van der Waals surface area contributed by atoms with Gasteiger partial charge in [-0.3, -0.25) is 0 Å². The van der Waals surface area contributed by atoms with Gasteiger partial charge in [0, 0.05) is 4.88 Å². The molecule has 1 aromatic rings. The Kier molecular flexibility index (Phi) is 4.03. The van der Waals surface area contributed by atoms with Crippen molar-refractivity contribution in [1.29, 1.82) is 0 Å². The summed E-state index contributed by atoms with van der Waals surface area (Å²) < 4.78 is 40.4. The Labute approximate surface area is 99.8 Å². The monoisotopic (exact) mass is 268 g/mol. The first-order valence-electron chi connectivity index (χ1n) is 4.77. The minimum atomic E-state index is -4.48. The van der Waals surface area contributed by atoms with Gasteiger partial charge in [-0.15, -0.1) is 11.3 Å². The zero-order chi connectivity index (χ0) is 13.2. The van der Waals surface area contributed by atoms with E-state index in [4.69, 9.17) is 5.11 Å². The van der Waals surface area contributed by atoms with Gasteiger partial charge >= 0.3 is 12.1 Å². The summed E-state index contributed by atoms with van der Waals surface area (Å²) in [7, 11) is 0. The number of alkyl halides is 3. The molecule has 0 fully saturated rings. The number of halogens is 3. The van der Waals surface area contributed by atoms with E-state index in [0.29, 0.717) is 4.88 Å². The maximum absolute atomic E-state index is 12.0. The van der Waals surface area contributed by atoms with Gasteiger partial charge in [-0.05, 0) is 12.0 Å². The average Bonchev–Trinajstić information content (AvgIpc) is 2.57. The first kappa shape index (κ1) is 13.8. The van der Waals surface area contributed by atoms with Crippen LogP contribution < -0.4 is 4.74 Å². The molecule has 1 N–H and O–H groups in total. The zero-order valence-corrected chi connectivity index (χ0v) is 9.98. The lowest BCUT2D eigenvalue weighted by atomic mass is 10.2. The molecule has 0 spiro atoms. The maximum Gasteiger partial charge on any atom is 0.422 e. The fourth-order valence-electron chi connectivity index (χ4n) is 1.09. The Hall–Kier alpha value is -1.24. The number of aromatic carboxylic acids is 1. The maximum atomic E-state index is 12.0. The van der Waals surface area contributed by atoms with Crippen LogP contribution in [0, 0.1) is 0 Å². The smallest absolute Gasteiger partial charge is 0.422 e. The highest BCUT2D eigenvalue weighted by Crippen LogP contribution is 2.34. The minimum absolute atomic E-state index is 0.0429. The first-order chi connectivity index (χ1) is 7.70. The summed E-state index contributed by atoms with van der Waals surface area (Å²) in [5, 5.41) is 8.84. The summed E-state index contributed by atoms with van der Waals surface area (Å²) in [5.74, 6) is -1.45. The first-order valence-corrected chi connectivity index (χ1v) is 5.59. The van der Waals surface area contributed by atoms with Gasteiger partial charge in [-0.25, -0.2) is 4.79 Å². The van der Waals surface area contributed by atoms with Crippen LogP contribution in [0.5, 0.6) is 5.75 Å². The quantitative estimate of drug-likeness (QED) is 0.908. The fraction of sp³-hybridized carbons (Fsp3) is 0.500. The second-order valence-corrected chi connectivity index (χ2v) is 4.79. The Morgan fingerprint density at radius 1 is 1.53 bits per heavy atom. The number of hydrogen-bond acceptors (Lipinski definition) is 3. The summed E-state index contributed by atoms with van der Waals surface area (Å²) in [6.45, 7) is 2.16. The van der Waals surface area contributed by atoms with Crippen molar-refractivity contribution in [1.82, 2.24) is 0 Å². The number of carbonyl (C=O) groups is 1. The van der Waals surface area contributed by atoms with Gasteiger partial charge < -0.3 is 9.84 Å². The lowest BCUT2D eigenvalue weighted by Crippen LogP contribution is -2.19. The SMILES string of the molecule is CC(C)c1cc(OCC(F)(F)F)c(C(=O)O)s1. The normalized spacial score (nSPS) is 11.9. The molecule has 0 aliphatic heterocycles. The molecule has 0 aliphatic rings. The second kappa shape index (κ2) is 4.95. The molecular weight excluding hydrogens is 257 g/mol. The van der Waals surface area contributed by atoms with Crippen LogP contribution in [0.2, 0.25) is 0 Å². The third-order valence-corrected chi connectivity index (χ3v) is 3.28. The summed E-state index contributed by atoms with van der Waals surface area (Å²) in [4.78, 5) is 11.3. The van der Waals surface area contributed by atoms with Gasteiger partial charge in [0.2, 0.25) is 0 Å². The van der Waals surface area contributed by atoms with E-state index in [1.807, 2.05) is 13.8 Å². The molecule has 0 bridgehead atoms. The summed E-state index contributed by atoms with van der Waals surface area (Å²) in [6.07, 6.45) is -4.48. The number of carboxylic acid groups (broad SMARTS) is 1. The summed E-state index contributed by atoms with van der Waals surface area (Å²) in [5.41, 5.74) is 0. The highest BCUT2D eigenvalue weighted by atomic mass is 32.1. The van der Waals surface area contributed by atoms with Crippen LogP contribution in [-0.4, -0.2) is 23.9 Å². The fourth-order valence-corrected chi connectivity index (χ4v) is 2.04. The van der Waals surface area contributed by atoms with Crippen LogP contribution in [-0.2, 0) is 0 Å². The van der Waals surface area contributed by atoms with Crippen LogP contribution in [0.1, 0.15) is 34.3 Å². The van der Waals surface area contributed by atoms with Crippen molar-refractivity contribution >= 4 is 17.3 Å². The van der Waals surface area contributed by atoms with Crippen molar-refractivity contribution in [3.8, 4) is 5.75 Å². The van der Waals surface area contributed by atoms with Crippen molar-refractivity contribution in [3.05, 3.63) is 15.8 Å². The van der Waals surface area contributed by atoms with Crippen molar-refractivity contribution < 1.29 is 27.8 Å². The van der Waals surface area contributed by atoms with Gasteiger partial charge in [-0.1, -0.05) is 13.8 Å². The molecule has 0 aliphatic carbocycles. The van der Waals surface area contributed by atoms with Gasteiger partial charge in [0.15, 0.2) is 11.5 Å². The second-order valence-electron chi connectivity index (χ2n) is 3.71. The highest BCUT2D eigenvalue weighted by molar-refractivity contribution is 7.14. The molecule has 17 heavy (non-hydrogen) atoms. The molecular formula is C10H11F3O3S. The molecule has 0 saturated carbocycles. The third-order valence-electron chi connectivity index (χ3n) is 1.87. The summed E-state index contributed by atoms with van der Waals surface area (Å²) >= 11 is 0.934. The molecule has 1 aromatic heterocycles. The minimum Gasteiger partial charge on any atom is -0.482 e. The van der Waals surface area contributed by atoms with E-state index in [0.717, 1.165) is 11.3 Å². The van der Waals surface area contributed by atoms with E-state index in [-0.39, 0.29) is 16.5 Å². The Balaban J connectivity index is 2.93. The van der Waals surface area contributed by atoms with Crippen LogP contribution in [0.3, 0.4) is 0 Å². The van der Waals surface area contributed by atoms with Crippen molar-refractivity contribution in [3.63, 3.8) is 0 Å². The summed E-state index contributed by atoms with van der Waals surface area (Å²) in [6, 6.07) is 1.35. The van der Waals surface area contributed by atoms with E-state index < -0.39 is 18.8 Å². The molecule has 0 amide bonds. The predicted molar refractivity (Wildman–Crippen MR) is 56.9 cm³/mol. The van der Waals surface area contributed by atoms with Crippen LogP contribution in [0.25, 0.3) is 0 Å². The molecule has 1 heterocycles. The average molecular weight is 268 g/mol. The lowest BCUT2D eigenvalue weighted by Gasteiger charge is -2.08. The largest absolute Gasteiger partial charge is 0.482 e. The van der Waals surface area contributed by atoms with E-state index in [9.17, 15) is 18.0 Å². The molecule has 0 unspecified atom stereocenters. The molecule has 7 heteroatoms. The van der Waals surface area contributed by atoms with Gasteiger partial charge in [0.05, 0.1) is 0 Å². The molecule has 0 atom stereocenters. The van der Waals surface area contributed by atoms with Crippen molar-refractivity contribution in [2.45, 2.75) is 25.9 Å². The number of carboxylic acids is 1. The van der Waals surface area contributed by atoms with Gasteiger partial charge in [0.1, 0.15) is 5.75 Å². The van der Waals surface area contributed by atoms with E-state index in [1.165, 1.54) is 6.07 Å². The van der Waals surface area contributed by atoms with Crippen molar-refractivity contribution in [2.75, 3.05) is 6.61 Å². The lowest BCUT2D eigenvalue weighted by molar-refractivity contribution is -0.153. The molecule has 96 valence electrons. The zero-order valence-electron chi connectivity index (χ0n) is 9.17. The molecule has 0 aromatic carbocycles. The third kappa shape index (κ3) is 3.92. The van der Waals surface area contributed by atoms with Crippen LogP contribution in [0.4, 0.5) is 13.2 Å². The Bertz CT molecular complexity index is 409. The molecule has 3 nitrogen and oxygen atoms in total. The highest BCUT2D eigenvalue weighted by Gasteiger charge is 2.30. The van der Waals surface area contributed by atoms with Crippen molar-refractivity contribution in [2.24, 2.45) is 0 Å². The van der Waals surface area contributed by atoms with Gasteiger partial charge in [-0.2, -0.15) is 13.2 Å². The molecule has 1 rings (SSSR count). The molecule has 0 radical (unpaired) electrons. The van der Waals surface area contributed by atoms with E-state index >= 15 is 0 Å². The predicted octanol–water partition coefficient (Wildman–Crippen LogP) is 3.51. The van der Waals surface area contributed by atoms with E-state index in [1.54, 1.807) is 0 Å². The topological polar surface area (TPSA) is 46.5 Å². The van der Waals surface area contributed by atoms with Crippen LogP contribution in [0.15, 0.2) is 6.07 Å². The number of hydrogen-bond donors (Lipinski definition) is 1. The number of ether oxygens (including phenoxy) is 1. The Morgan fingerprint density at radius 3 is 2.53 bits per heavy atom. The standard InChI is InChI=1S/C10H11F3O3S/c1-5(2)7-3-6(8(17-7)9(14)15)16-4-10(11,12)13/h3,5H,4H2,1-2H3,(H,14,15). The number of thiophene rings is 1. The van der Waals surface area contributed by atoms with Crippen LogP contribution >= 0.6 is 11.3 Å². The Morgan fingerprint density at radius 2 is 2.12 bits per heavy atom. The van der Waals surface area contributed by atoms with E-state index in [2.05, 4.69) is 4.74 Å². The van der Waals surface area contributed by atoms with Gasteiger partial charge in [0.25, 0.3) is 0 Å². The molecule has 0 saturated heterocycles. The number of rotatable bonds is 4.